The molecule has 1 amide bonds. The molecular formula is C14H29N3O. The van der Waals surface area contributed by atoms with E-state index in [1.165, 1.54) is 19.3 Å². The van der Waals surface area contributed by atoms with Crippen LogP contribution in [-0.2, 0) is 4.79 Å². The molecular weight excluding hydrogens is 226 g/mol. The highest BCUT2D eigenvalue weighted by molar-refractivity contribution is 5.78. The number of carbonyl (C=O) groups excluding carboxylic acids is 1. The predicted octanol–water partition coefficient (Wildman–Crippen LogP) is 1.37. The largest absolute Gasteiger partial charge is 0.350 e. The van der Waals surface area contributed by atoms with Gasteiger partial charge in [-0.15, -0.1) is 0 Å². The molecule has 1 unspecified atom stereocenters. The number of nitrogens with zero attached hydrogens (tertiary/aromatic N) is 1. The van der Waals surface area contributed by atoms with Crippen molar-refractivity contribution in [2.75, 3.05) is 26.7 Å². The third kappa shape index (κ3) is 5.83. The average molecular weight is 255 g/mol. The topological polar surface area (TPSA) is 44.4 Å². The maximum absolute atomic E-state index is 11.9. The van der Waals surface area contributed by atoms with Gasteiger partial charge < -0.3 is 10.6 Å². The van der Waals surface area contributed by atoms with Crippen LogP contribution >= 0.6 is 0 Å². The van der Waals surface area contributed by atoms with Gasteiger partial charge in [0.25, 0.3) is 0 Å². The Morgan fingerprint density at radius 2 is 2.17 bits per heavy atom. The van der Waals surface area contributed by atoms with Crippen LogP contribution in [0.1, 0.15) is 46.5 Å². The van der Waals surface area contributed by atoms with Crippen LogP contribution in [0.4, 0.5) is 0 Å². The van der Waals surface area contributed by atoms with E-state index < -0.39 is 0 Å². The van der Waals surface area contributed by atoms with E-state index in [1.54, 1.807) is 0 Å². The highest BCUT2D eigenvalue weighted by Crippen LogP contribution is 2.09. The average Bonchev–Trinajstić information content (AvgIpc) is 2.29. The standard InChI is InChI=1S/C14H29N3O/c1-5-14(2,3)16-13(18)11-17(4)10-12-8-6-7-9-15-12/h12,15H,5-11H2,1-4H3,(H,16,18). The number of carbonyl (C=O) groups is 1. The van der Waals surface area contributed by atoms with Gasteiger partial charge in [-0.1, -0.05) is 13.3 Å². The summed E-state index contributed by atoms with van der Waals surface area (Å²) in [7, 11) is 2.02. The van der Waals surface area contributed by atoms with Gasteiger partial charge in [-0.2, -0.15) is 0 Å². The van der Waals surface area contributed by atoms with Crippen molar-refractivity contribution >= 4 is 5.91 Å². The first-order chi connectivity index (χ1) is 8.43. The molecule has 0 saturated carbocycles. The summed E-state index contributed by atoms with van der Waals surface area (Å²) in [5, 5.41) is 6.58. The maximum Gasteiger partial charge on any atom is 0.234 e. The predicted molar refractivity (Wildman–Crippen MR) is 75.7 cm³/mol. The Balaban J connectivity index is 2.26. The third-order valence-electron chi connectivity index (χ3n) is 3.72. The van der Waals surface area contributed by atoms with Gasteiger partial charge in [0.2, 0.25) is 5.91 Å². The second-order valence-corrected chi connectivity index (χ2v) is 6.13. The van der Waals surface area contributed by atoms with Gasteiger partial charge in [-0.05, 0) is 46.7 Å². The summed E-state index contributed by atoms with van der Waals surface area (Å²) in [6.07, 6.45) is 4.77. The molecule has 18 heavy (non-hydrogen) atoms. The minimum absolute atomic E-state index is 0.0962. The summed E-state index contributed by atoms with van der Waals surface area (Å²) in [6, 6.07) is 0.552. The van der Waals surface area contributed by atoms with E-state index in [0.29, 0.717) is 12.6 Å². The number of hydrogen-bond donors (Lipinski definition) is 2. The van der Waals surface area contributed by atoms with Crippen molar-refractivity contribution in [2.45, 2.75) is 58.0 Å². The fourth-order valence-electron chi connectivity index (χ4n) is 2.27. The lowest BCUT2D eigenvalue weighted by Crippen LogP contribution is -2.49. The van der Waals surface area contributed by atoms with Crippen LogP contribution in [0.5, 0.6) is 0 Å². The van der Waals surface area contributed by atoms with E-state index in [-0.39, 0.29) is 11.4 Å². The first-order valence-corrected chi connectivity index (χ1v) is 7.16. The Labute approximate surface area is 111 Å². The van der Waals surface area contributed by atoms with Gasteiger partial charge in [0.15, 0.2) is 0 Å². The zero-order chi connectivity index (χ0) is 13.6. The number of piperidine rings is 1. The molecule has 1 aliphatic rings. The van der Waals surface area contributed by atoms with Crippen molar-refractivity contribution in [1.29, 1.82) is 0 Å². The van der Waals surface area contributed by atoms with Crippen molar-refractivity contribution in [3.8, 4) is 0 Å². The van der Waals surface area contributed by atoms with Crippen LogP contribution in [0.2, 0.25) is 0 Å². The Morgan fingerprint density at radius 1 is 1.44 bits per heavy atom. The maximum atomic E-state index is 11.9. The molecule has 0 aliphatic carbocycles. The zero-order valence-corrected chi connectivity index (χ0v) is 12.4. The zero-order valence-electron chi connectivity index (χ0n) is 12.4. The molecule has 106 valence electrons. The van der Waals surface area contributed by atoms with Crippen LogP contribution in [0.15, 0.2) is 0 Å². The van der Waals surface area contributed by atoms with Crippen LogP contribution in [0, 0.1) is 0 Å². The van der Waals surface area contributed by atoms with Gasteiger partial charge >= 0.3 is 0 Å². The molecule has 4 nitrogen and oxygen atoms in total. The lowest BCUT2D eigenvalue weighted by atomic mass is 10.0. The molecule has 2 N–H and O–H groups in total. The van der Waals surface area contributed by atoms with Gasteiger partial charge in [-0.25, -0.2) is 0 Å². The molecule has 1 heterocycles. The van der Waals surface area contributed by atoms with Crippen molar-refractivity contribution in [3.63, 3.8) is 0 Å². The first-order valence-electron chi connectivity index (χ1n) is 7.16. The summed E-state index contributed by atoms with van der Waals surface area (Å²) in [5.74, 6) is 0.125. The van der Waals surface area contributed by atoms with Crippen molar-refractivity contribution in [2.24, 2.45) is 0 Å². The summed E-state index contributed by atoms with van der Waals surface area (Å²) in [4.78, 5) is 14.0. The van der Waals surface area contributed by atoms with Crippen molar-refractivity contribution in [1.82, 2.24) is 15.5 Å². The molecule has 0 radical (unpaired) electrons. The molecule has 1 aliphatic heterocycles. The van der Waals surface area contributed by atoms with E-state index in [0.717, 1.165) is 19.5 Å². The normalized spacial score (nSPS) is 21.1. The number of likely N-dealkylation sites (N-methyl/N-ethyl adjacent to an activating group) is 1. The van der Waals surface area contributed by atoms with E-state index in [4.69, 9.17) is 0 Å². The fraction of sp³-hybridized carbons (Fsp3) is 0.929. The molecule has 4 heteroatoms. The monoisotopic (exact) mass is 255 g/mol. The fourth-order valence-corrected chi connectivity index (χ4v) is 2.27. The smallest absolute Gasteiger partial charge is 0.234 e. The Bertz CT molecular complexity index is 260. The van der Waals surface area contributed by atoms with E-state index in [1.807, 2.05) is 7.05 Å². The van der Waals surface area contributed by atoms with Crippen molar-refractivity contribution < 1.29 is 4.79 Å². The molecule has 0 aromatic heterocycles. The number of hydrogen-bond acceptors (Lipinski definition) is 3. The van der Waals surface area contributed by atoms with E-state index >= 15 is 0 Å². The summed E-state index contributed by atoms with van der Waals surface area (Å²) in [6.45, 7) is 8.78. The SMILES string of the molecule is CCC(C)(C)NC(=O)CN(C)CC1CCCCN1. The highest BCUT2D eigenvalue weighted by atomic mass is 16.2. The molecule has 1 saturated heterocycles. The Kier molecular flexibility index (Phi) is 6.09. The summed E-state index contributed by atoms with van der Waals surface area (Å²) in [5.41, 5.74) is -0.0962. The molecule has 1 rings (SSSR count). The van der Waals surface area contributed by atoms with Crippen molar-refractivity contribution in [3.05, 3.63) is 0 Å². The summed E-state index contributed by atoms with van der Waals surface area (Å²) < 4.78 is 0. The second-order valence-electron chi connectivity index (χ2n) is 6.13. The lowest BCUT2D eigenvalue weighted by molar-refractivity contribution is -0.123. The lowest BCUT2D eigenvalue weighted by Gasteiger charge is -2.29. The highest BCUT2D eigenvalue weighted by Gasteiger charge is 2.20. The molecule has 1 atom stereocenters. The Morgan fingerprint density at radius 3 is 2.72 bits per heavy atom. The number of amides is 1. The third-order valence-corrected chi connectivity index (χ3v) is 3.72. The van der Waals surface area contributed by atoms with E-state index in [2.05, 4.69) is 36.3 Å². The van der Waals surface area contributed by atoms with Gasteiger partial charge in [0.1, 0.15) is 0 Å². The van der Waals surface area contributed by atoms with Crippen LogP contribution in [0.25, 0.3) is 0 Å². The minimum Gasteiger partial charge on any atom is -0.350 e. The second kappa shape index (κ2) is 7.10. The molecule has 1 fully saturated rings. The van der Waals surface area contributed by atoms with Crippen LogP contribution < -0.4 is 10.6 Å². The van der Waals surface area contributed by atoms with Gasteiger partial charge in [-0.3, -0.25) is 9.69 Å². The molecule has 0 aromatic carbocycles. The van der Waals surface area contributed by atoms with Crippen LogP contribution in [-0.4, -0.2) is 49.1 Å². The quantitative estimate of drug-likeness (QED) is 0.753. The minimum atomic E-state index is -0.0962. The van der Waals surface area contributed by atoms with Gasteiger partial charge in [0, 0.05) is 18.1 Å². The first kappa shape index (κ1) is 15.4. The molecule has 0 aromatic rings. The molecule has 0 spiro atoms. The van der Waals surface area contributed by atoms with Crippen LogP contribution in [0.3, 0.4) is 0 Å². The Hall–Kier alpha value is -0.610. The van der Waals surface area contributed by atoms with Gasteiger partial charge in [0.05, 0.1) is 6.54 Å². The molecule has 0 bridgehead atoms. The number of nitrogens with one attached hydrogen (secondary N) is 2. The van der Waals surface area contributed by atoms with E-state index in [9.17, 15) is 4.79 Å². The number of rotatable bonds is 6. The summed E-state index contributed by atoms with van der Waals surface area (Å²) >= 11 is 0.